The molecule has 1 atom stereocenters. The zero-order valence-electron chi connectivity index (χ0n) is 14.1. The molecule has 1 N–H and O–H groups in total. The monoisotopic (exact) mass is 364 g/mol. The van der Waals surface area contributed by atoms with Crippen molar-refractivity contribution in [3.8, 4) is 0 Å². The van der Waals surface area contributed by atoms with Gasteiger partial charge >= 0.3 is 12.0 Å². The quantitative estimate of drug-likeness (QED) is 0.451. The molecule has 1 aromatic carbocycles. The molecule has 8 heteroatoms. The average molecular weight is 364 g/mol. The van der Waals surface area contributed by atoms with Gasteiger partial charge in [-0.25, -0.2) is 4.79 Å². The maximum absolute atomic E-state index is 12.1. The number of ketones is 1. The van der Waals surface area contributed by atoms with Gasteiger partial charge in [0.1, 0.15) is 0 Å². The molecule has 0 radical (unpaired) electrons. The number of imide groups is 1. The van der Waals surface area contributed by atoms with E-state index in [4.69, 9.17) is 4.74 Å². The lowest BCUT2D eigenvalue weighted by molar-refractivity contribution is -0.157. The molecule has 0 aliphatic carbocycles. The van der Waals surface area contributed by atoms with Crippen LogP contribution in [0, 0.1) is 0 Å². The van der Waals surface area contributed by atoms with E-state index >= 15 is 0 Å². The molecule has 1 saturated heterocycles. The molecular weight excluding hydrogens is 344 g/mol. The number of thioether (sulfide) groups is 1. The van der Waals surface area contributed by atoms with Crippen LogP contribution < -0.4 is 5.32 Å². The number of urea groups is 1. The van der Waals surface area contributed by atoms with E-state index in [9.17, 15) is 19.2 Å². The van der Waals surface area contributed by atoms with Gasteiger partial charge in [0, 0.05) is 30.0 Å². The number of amides is 3. The largest absolute Gasteiger partial charge is 0.453 e. The molecular formula is C17H20N2O5S. The Kier molecular flexibility index (Phi) is 6.58. The Balaban J connectivity index is 1.80. The maximum atomic E-state index is 12.1. The number of hydrogen-bond acceptors (Lipinski definition) is 6. The standard InChI is InChI=1S/C17H20N2O5S/c1-11(16(22)19-10-9-18-17(19)23)24-15(21)8-7-14(20)12-3-5-13(25-2)6-4-12/h3-6,11H,7-10H2,1-2H3,(H,18,23)/t11-/m1/s1. The molecule has 7 nitrogen and oxygen atoms in total. The Bertz CT molecular complexity index is 674. The lowest BCUT2D eigenvalue weighted by Gasteiger charge is -2.18. The predicted octanol–water partition coefficient (Wildman–Crippen LogP) is 1.85. The molecule has 25 heavy (non-hydrogen) atoms. The van der Waals surface area contributed by atoms with Gasteiger partial charge in [0.05, 0.1) is 6.42 Å². The Morgan fingerprint density at radius 2 is 1.92 bits per heavy atom. The number of ether oxygens (including phenoxy) is 1. The van der Waals surface area contributed by atoms with Crippen LogP contribution >= 0.6 is 11.8 Å². The number of esters is 1. The summed E-state index contributed by atoms with van der Waals surface area (Å²) in [5, 5.41) is 2.50. The lowest BCUT2D eigenvalue weighted by Crippen LogP contribution is -2.41. The number of hydrogen-bond donors (Lipinski definition) is 1. The molecule has 0 saturated carbocycles. The molecule has 1 aliphatic heterocycles. The summed E-state index contributed by atoms with van der Waals surface area (Å²) in [7, 11) is 0. The van der Waals surface area contributed by atoms with Gasteiger partial charge in [-0.2, -0.15) is 0 Å². The summed E-state index contributed by atoms with van der Waals surface area (Å²) < 4.78 is 5.03. The van der Waals surface area contributed by atoms with Crippen LogP contribution in [0.25, 0.3) is 0 Å². The highest BCUT2D eigenvalue weighted by molar-refractivity contribution is 7.98. The first-order valence-corrected chi connectivity index (χ1v) is 9.10. The predicted molar refractivity (Wildman–Crippen MR) is 92.5 cm³/mol. The van der Waals surface area contributed by atoms with E-state index in [1.165, 1.54) is 6.92 Å². The molecule has 0 spiro atoms. The van der Waals surface area contributed by atoms with Gasteiger partial charge in [-0.05, 0) is 25.3 Å². The van der Waals surface area contributed by atoms with Crippen LogP contribution in [0.3, 0.4) is 0 Å². The summed E-state index contributed by atoms with van der Waals surface area (Å²) in [5.74, 6) is -1.38. The van der Waals surface area contributed by atoms with Crippen molar-refractivity contribution in [3.05, 3.63) is 29.8 Å². The lowest BCUT2D eigenvalue weighted by atomic mass is 10.1. The summed E-state index contributed by atoms with van der Waals surface area (Å²) in [4.78, 5) is 49.4. The van der Waals surface area contributed by atoms with Gasteiger partial charge in [-0.1, -0.05) is 12.1 Å². The SMILES string of the molecule is CSc1ccc(C(=O)CCC(=O)O[C@H](C)C(=O)N2CCNC2=O)cc1. The molecule has 0 aromatic heterocycles. The molecule has 1 heterocycles. The smallest absolute Gasteiger partial charge is 0.324 e. The second-order valence-electron chi connectivity index (χ2n) is 5.51. The van der Waals surface area contributed by atoms with E-state index < -0.39 is 24.0 Å². The van der Waals surface area contributed by atoms with Crippen molar-refractivity contribution in [2.24, 2.45) is 0 Å². The van der Waals surface area contributed by atoms with Crippen molar-refractivity contribution in [2.45, 2.75) is 30.8 Å². The summed E-state index contributed by atoms with van der Waals surface area (Å²) in [6.07, 6.45) is 0.767. The number of rotatable bonds is 7. The Labute approximate surface area is 150 Å². The highest BCUT2D eigenvalue weighted by Gasteiger charge is 2.31. The van der Waals surface area contributed by atoms with Crippen molar-refractivity contribution in [2.75, 3.05) is 19.3 Å². The summed E-state index contributed by atoms with van der Waals surface area (Å²) in [6.45, 7) is 2.05. The summed E-state index contributed by atoms with van der Waals surface area (Å²) in [6, 6.07) is 6.64. The molecule has 1 fully saturated rings. The first-order chi connectivity index (χ1) is 11.9. The number of nitrogens with zero attached hydrogens (tertiary/aromatic N) is 1. The van der Waals surface area contributed by atoms with Crippen molar-refractivity contribution in [1.29, 1.82) is 0 Å². The second-order valence-corrected chi connectivity index (χ2v) is 6.39. The fourth-order valence-corrected chi connectivity index (χ4v) is 2.75. The molecule has 134 valence electrons. The third kappa shape index (κ3) is 5.06. The summed E-state index contributed by atoms with van der Waals surface area (Å²) >= 11 is 1.58. The topological polar surface area (TPSA) is 92.8 Å². The minimum absolute atomic E-state index is 0.00254. The fourth-order valence-electron chi connectivity index (χ4n) is 2.34. The van der Waals surface area contributed by atoms with E-state index in [1.54, 1.807) is 23.9 Å². The average Bonchev–Trinajstić information content (AvgIpc) is 3.04. The van der Waals surface area contributed by atoms with E-state index in [1.807, 2.05) is 18.4 Å². The fraction of sp³-hybridized carbons (Fsp3) is 0.412. The van der Waals surface area contributed by atoms with Gasteiger partial charge in [0.25, 0.3) is 5.91 Å². The first-order valence-electron chi connectivity index (χ1n) is 7.88. The van der Waals surface area contributed by atoms with Gasteiger partial charge in [-0.15, -0.1) is 11.8 Å². The Morgan fingerprint density at radius 3 is 2.48 bits per heavy atom. The highest BCUT2D eigenvalue weighted by Crippen LogP contribution is 2.16. The van der Waals surface area contributed by atoms with Crippen molar-refractivity contribution in [3.63, 3.8) is 0 Å². The Morgan fingerprint density at radius 1 is 1.24 bits per heavy atom. The van der Waals surface area contributed by atoms with Crippen LogP contribution in [0.5, 0.6) is 0 Å². The zero-order chi connectivity index (χ0) is 18.4. The van der Waals surface area contributed by atoms with Crippen molar-refractivity contribution >= 4 is 35.5 Å². The first kappa shape index (κ1) is 19.0. The van der Waals surface area contributed by atoms with E-state index in [0.29, 0.717) is 12.1 Å². The number of carbonyl (C=O) groups is 4. The maximum Gasteiger partial charge on any atom is 0.324 e. The number of carbonyl (C=O) groups excluding carboxylic acids is 4. The Hall–Kier alpha value is -2.35. The van der Waals surface area contributed by atoms with Gasteiger partial charge in [-0.3, -0.25) is 19.3 Å². The third-order valence-electron chi connectivity index (χ3n) is 3.75. The van der Waals surface area contributed by atoms with Crippen LogP contribution in [0.2, 0.25) is 0 Å². The molecule has 0 unspecified atom stereocenters. The van der Waals surface area contributed by atoms with Gasteiger partial charge < -0.3 is 10.1 Å². The van der Waals surface area contributed by atoms with Crippen LogP contribution in [0.15, 0.2) is 29.2 Å². The van der Waals surface area contributed by atoms with Crippen LogP contribution in [0.1, 0.15) is 30.1 Å². The summed E-state index contributed by atoms with van der Waals surface area (Å²) in [5.41, 5.74) is 0.531. The van der Waals surface area contributed by atoms with Gasteiger partial charge in [0.15, 0.2) is 11.9 Å². The molecule has 1 aromatic rings. The third-order valence-corrected chi connectivity index (χ3v) is 4.49. The molecule has 3 amide bonds. The molecule has 1 aliphatic rings. The van der Waals surface area contributed by atoms with E-state index in [-0.39, 0.29) is 25.2 Å². The minimum atomic E-state index is -1.06. The van der Waals surface area contributed by atoms with Crippen molar-refractivity contribution in [1.82, 2.24) is 10.2 Å². The normalized spacial score (nSPS) is 14.8. The van der Waals surface area contributed by atoms with Crippen molar-refractivity contribution < 1.29 is 23.9 Å². The van der Waals surface area contributed by atoms with Crippen LogP contribution in [-0.4, -0.2) is 54.0 Å². The zero-order valence-corrected chi connectivity index (χ0v) is 14.9. The highest BCUT2D eigenvalue weighted by atomic mass is 32.2. The number of benzene rings is 1. The number of nitrogens with one attached hydrogen (secondary N) is 1. The van der Waals surface area contributed by atoms with E-state index in [0.717, 1.165) is 9.80 Å². The van der Waals surface area contributed by atoms with Gasteiger partial charge in [0.2, 0.25) is 0 Å². The van der Waals surface area contributed by atoms with Crippen LogP contribution in [0.4, 0.5) is 4.79 Å². The minimum Gasteiger partial charge on any atom is -0.453 e. The van der Waals surface area contributed by atoms with Crippen LogP contribution in [-0.2, 0) is 14.3 Å². The number of Topliss-reactive ketones (excluding diaryl/α,β-unsaturated/α-hetero) is 1. The second kappa shape index (κ2) is 8.66. The molecule has 0 bridgehead atoms. The molecule has 2 rings (SSSR count). The van der Waals surface area contributed by atoms with E-state index in [2.05, 4.69) is 5.32 Å².